The lowest BCUT2D eigenvalue weighted by Gasteiger charge is -1.92. The molecule has 0 spiro atoms. The highest BCUT2D eigenvalue weighted by atomic mass is 35.5. The zero-order valence-corrected chi connectivity index (χ0v) is 6.10. The van der Waals surface area contributed by atoms with Crippen molar-refractivity contribution in [2.24, 2.45) is 0 Å². The molecular weight excluding hydrogens is 136 g/mol. The molecule has 0 atom stereocenters. The van der Waals surface area contributed by atoms with Crippen molar-refractivity contribution >= 4 is 11.6 Å². The maximum absolute atomic E-state index is 5.48. The van der Waals surface area contributed by atoms with Crippen LogP contribution in [0.15, 0.2) is 12.4 Å². The summed E-state index contributed by atoms with van der Waals surface area (Å²) in [7, 11) is 0. The summed E-state index contributed by atoms with van der Waals surface area (Å²) < 4.78 is 1.84. The first-order valence-electron chi connectivity index (χ1n) is 2.88. The van der Waals surface area contributed by atoms with E-state index in [2.05, 4.69) is 5.10 Å². The Labute approximate surface area is 59.4 Å². The molecule has 0 N–H and O–H groups in total. The Hall–Kier alpha value is -0.500. The third-order valence-electron chi connectivity index (χ3n) is 1.08. The number of aromatic nitrogens is 2. The van der Waals surface area contributed by atoms with Crippen LogP contribution in [0.4, 0.5) is 0 Å². The minimum Gasteiger partial charge on any atom is -0.271 e. The largest absolute Gasteiger partial charge is 0.271 e. The molecule has 0 saturated heterocycles. The van der Waals surface area contributed by atoms with Gasteiger partial charge in [-0.05, 0) is 12.5 Å². The fourth-order valence-corrected chi connectivity index (χ4v) is 0.849. The Balaban J connectivity index is 2.61. The molecule has 0 aromatic carbocycles. The quantitative estimate of drug-likeness (QED) is 0.575. The predicted molar refractivity (Wildman–Crippen MR) is 37.7 cm³/mol. The fourth-order valence-electron chi connectivity index (χ4n) is 0.676. The molecule has 1 aromatic heterocycles. The molecule has 0 unspecified atom stereocenters. The number of hydrogen-bond donors (Lipinski definition) is 0. The summed E-state index contributed by atoms with van der Waals surface area (Å²) in [6, 6.07) is 0. The van der Waals surface area contributed by atoms with Crippen molar-refractivity contribution in [2.75, 3.05) is 5.88 Å². The SMILES string of the molecule is Cc1cnn(CCCl)c1. The maximum Gasteiger partial charge on any atom is 0.0544 e. The molecule has 1 heterocycles. The third-order valence-corrected chi connectivity index (χ3v) is 1.24. The summed E-state index contributed by atoms with van der Waals surface area (Å²) in [6.45, 7) is 2.81. The van der Waals surface area contributed by atoms with Gasteiger partial charge in [0.1, 0.15) is 0 Å². The van der Waals surface area contributed by atoms with Gasteiger partial charge in [0.15, 0.2) is 0 Å². The number of alkyl halides is 1. The van der Waals surface area contributed by atoms with E-state index >= 15 is 0 Å². The Morgan fingerprint density at radius 2 is 2.56 bits per heavy atom. The highest BCUT2D eigenvalue weighted by Crippen LogP contribution is 1.93. The van der Waals surface area contributed by atoms with E-state index < -0.39 is 0 Å². The van der Waals surface area contributed by atoms with E-state index in [1.165, 1.54) is 5.56 Å². The van der Waals surface area contributed by atoms with Crippen molar-refractivity contribution in [1.29, 1.82) is 0 Å². The molecule has 1 aromatic rings. The Kier molecular flexibility index (Phi) is 2.11. The summed E-state index contributed by atoms with van der Waals surface area (Å²) in [6.07, 6.45) is 3.80. The number of halogens is 1. The van der Waals surface area contributed by atoms with E-state index in [0.717, 1.165) is 6.54 Å². The smallest absolute Gasteiger partial charge is 0.0544 e. The minimum absolute atomic E-state index is 0.626. The van der Waals surface area contributed by atoms with E-state index in [9.17, 15) is 0 Å². The van der Waals surface area contributed by atoms with E-state index in [1.54, 1.807) is 0 Å². The van der Waals surface area contributed by atoms with E-state index in [0.29, 0.717) is 5.88 Å². The van der Waals surface area contributed by atoms with Crippen LogP contribution < -0.4 is 0 Å². The predicted octanol–water partition coefficient (Wildman–Crippen LogP) is 1.43. The standard InChI is InChI=1S/C6H9ClN2/c1-6-4-8-9(5-6)3-2-7/h4-5H,2-3H2,1H3. The highest BCUT2D eigenvalue weighted by Gasteiger charge is 1.89. The van der Waals surface area contributed by atoms with Gasteiger partial charge in [-0.15, -0.1) is 11.6 Å². The second-order valence-electron chi connectivity index (χ2n) is 1.97. The molecule has 2 nitrogen and oxygen atoms in total. The molecule has 0 aliphatic carbocycles. The number of hydrogen-bond acceptors (Lipinski definition) is 1. The van der Waals surface area contributed by atoms with Gasteiger partial charge in [-0.25, -0.2) is 0 Å². The first kappa shape index (κ1) is 6.62. The Morgan fingerprint density at radius 1 is 1.78 bits per heavy atom. The first-order chi connectivity index (χ1) is 4.33. The zero-order valence-electron chi connectivity index (χ0n) is 5.34. The van der Waals surface area contributed by atoms with E-state index in [1.807, 2.05) is 24.0 Å². The van der Waals surface area contributed by atoms with Crippen LogP contribution in [0.25, 0.3) is 0 Å². The van der Waals surface area contributed by atoms with Crippen LogP contribution in [0.2, 0.25) is 0 Å². The topological polar surface area (TPSA) is 17.8 Å². The van der Waals surface area contributed by atoms with Gasteiger partial charge in [-0.2, -0.15) is 5.10 Å². The van der Waals surface area contributed by atoms with Crippen LogP contribution in [0.5, 0.6) is 0 Å². The second-order valence-corrected chi connectivity index (χ2v) is 2.35. The van der Waals surface area contributed by atoms with Crippen LogP contribution in [0.1, 0.15) is 5.56 Å². The Bertz CT molecular complexity index is 183. The lowest BCUT2D eigenvalue weighted by Crippen LogP contribution is -1.98. The van der Waals surface area contributed by atoms with Crippen molar-refractivity contribution in [3.8, 4) is 0 Å². The van der Waals surface area contributed by atoms with Crippen LogP contribution in [-0.4, -0.2) is 15.7 Å². The van der Waals surface area contributed by atoms with Crippen LogP contribution >= 0.6 is 11.6 Å². The van der Waals surface area contributed by atoms with Crippen molar-refractivity contribution in [2.45, 2.75) is 13.5 Å². The molecule has 0 aliphatic heterocycles. The van der Waals surface area contributed by atoms with Gasteiger partial charge in [-0.1, -0.05) is 0 Å². The van der Waals surface area contributed by atoms with Gasteiger partial charge >= 0.3 is 0 Å². The molecule has 0 fully saturated rings. The molecule has 0 bridgehead atoms. The lowest BCUT2D eigenvalue weighted by atomic mass is 10.4. The fraction of sp³-hybridized carbons (Fsp3) is 0.500. The molecule has 3 heteroatoms. The van der Waals surface area contributed by atoms with Crippen molar-refractivity contribution in [3.63, 3.8) is 0 Å². The molecule has 0 radical (unpaired) electrons. The summed E-state index contributed by atoms with van der Waals surface area (Å²) in [4.78, 5) is 0. The zero-order chi connectivity index (χ0) is 6.69. The van der Waals surface area contributed by atoms with Crippen molar-refractivity contribution in [3.05, 3.63) is 18.0 Å². The van der Waals surface area contributed by atoms with Crippen molar-refractivity contribution < 1.29 is 0 Å². The molecular formula is C6H9ClN2. The average Bonchev–Trinajstić information content (AvgIpc) is 2.17. The van der Waals surface area contributed by atoms with Gasteiger partial charge in [0.05, 0.1) is 12.7 Å². The summed E-state index contributed by atoms with van der Waals surface area (Å²) in [5.41, 5.74) is 1.18. The maximum atomic E-state index is 5.48. The van der Waals surface area contributed by atoms with Gasteiger partial charge < -0.3 is 0 Å². The second kappa shape index (κ2) is 2.87. The molecule has 9 heavy (non-hydrogen) atoms. The third kappa shape index (κ3) is 1.72. The van der Waals surface area contributed by atoms with E-state index in [4.69, 9.17) is 11.6 Å². The van der Waals surface area contributed by atoms with Gasteiger partial charge in [0.2, 0.25) is 0 Å². The Morgan fingerprint density at radius 3 is 3.00 bits per heavy atom. The normalized spacial score (nSPS) is 10.0. The molecule has 50 valence electrons. The number of aryl methyl sites for hydroxylation is 2. The molecule has 0 aliphatic rings. The van der Waals surface area contributed by atoms with Crippen molar-refractivity contribution in [1.82, 2.24) is 9.78 Å². The van der Waals surface area contributed by atoms with Gasteiger partial charge in [0, 0.05) is 12.1 Å². The summed E-state index contributed by atoms with van der Waals surface area (Å²) >= 11 is 5.48. The van der Waals surface area contributed by atoms with E-state index in [-0.39, 0.29) is 0 Å². The monoisotopic (exact) mass is 144 g/mol. The van der Waals surface area contributed by atoms with Crippen LogP contribution in [-0.2, 0) is 6.54 Å². The first-order valence-corrected chi connectivity index (χ1v) is 3.41. The number of rotatable bonds is 2. The van der Waals surface area contributed by atoms with Crippen LogP contribution in [0, 0.1) is 6.92 Å². The molecule has 0 amide bonds. The lowest BCUT2D eigenvalue weighted by molar-refractivity contribution is 0.664. The summed E-state index contributed by atoms with van der Waals surface area (Å²) in [5.74, 6) is 0.626. The van der Waals surface area contributed by atoms with Crippen LogP contribution in [0.3, 0.4) is 0 Å². The molecule has 0 saturated carbocycles. The van der Waals surface area contributed by atoms with Gasteiger partial charge in [0.25, 0.3) is 0 Å². The minimum atomic E-state index is 0.626. The average molecular weight is 145 g/mol. The van der Waals surface area contributed by atoms with Gasteiger partial charge in [-0.3, -0.25) is 4.68 Å². The highest BCUT2D eigenvalue weighted by molar-refractivity contribution is 6.17. The summed E-state index contributed by atoms with van der Waals surface area (Å²) in [5, 5.41) is 4.04. The number of nitrogens with zero attached hydrogens (tertiary/aromatic N) is 2. The molecule has 1 rings (SSSR count).